The highest BCUT2D eigenvalue weighted by molar-refractivity contribution is 9.10. The van der Waals surface area contributed by atoms with Crippen molar-refractivity contribution in [2.24, 2.45) is 0 Å². The number of halogens is 2. The minimum absolute atomic E-state index is 0.0433. The quantitative estimate of drug-likeness (QED) is 0.801. The third kappa shape index (κ3) is 2.19. The van der Waals surface area contributed by atoms with E-state index in [1.165, 1.54) is 19.2 Å². The van der Waals surface area contributed by atoms with Crippen molar-refractivity contribution in [3.63, 3.8) is 0 Å². The maximum Gasteiger partial charge on any atom is 0.141 e. The number of ether oxygens (including phenoxy) is 1. The lowest BCUT2D eigenvalue weighted by atomic mass is 10.1. The maximum absolute atomic E-state index is 13.3. The number of hydrogen-bond donors (Lipinski definition) is 0. The Bertz CT molecular complexity index is 359. The van der Waals surface area contributed by atoms with Gasteiger partial charge in [0.25, 0.3) is 0 Å². The van der Waals surface area contributed by atoms with E-state index in [0.717, 1.165) is 0 Å². The van der Waals surface area contributed by atoms with Crippen molar-refractivity contribution < 1.29 is 9.13 Å². The summed E-state index contributed by atoms with van der Waals surface area (Å²) in [7, 11) is 1.50. The fraction of sp³-hybridized carbons (Fsp3) is 0.222. The van der Waals surface area contributed by atoms with Gasteiger partial charge in [-0.05, 0) is 28.1 Å². The Labute approximate surface area is 84.1 Å². The summed E-state index contributed by atoms with van der Waals surface area (Å²) in [6.45, 7) is 0. The van der Waals surface area contributed by atoms with Crippen LogP contribution in [0.4, 0.5) is 4.39 Å². The number of benzene rings is 1. The molecule has 0 saturated heterocycles. The summed E-state index contributed by atoms with van der Waals surface area (Å²) >= 11 is 3.04. The lowest BCUT2D eigenvalue weighted by Crippen LogP contribution is -1.92. The van der Waals surface area contributed by atoms with Crippen LogP contribution in [0, 0.1) is 17.1 Å². The van der Waals surface area contributed by atoms with Crippen LogP contribution < -0.4 is 4.74 Å². The summed E-state index contributed by atoms with van der Waals surface area (Å²) < 4.78 is 18.5. The Hall–Kier alpha value is -1.08. The highest BCUT2D eigenvalue weighted by Gasteiger charge is 2.08. The molecule has 1 rings (SSSR count). The molecule has 0 bridgehead atoms. The largest absolute Gasteiger partial charge is 0.497 e. The Kier molecular flexibility index (Phi) is 3.26. The fourth-order valence-electron chi connectivity index (χ4n) is 0.950. The van der Waals surface area contributed by atoms with Gasteiger partial charge in [0.2, 0.25) is 0 Å². The summed E-state index contributed by atoms with van der Waals surface area (Å²) in [5.74, 6) is 0.140. The molecule has 1 aromatic carbocycles. The van der Waals surface area contributed by atoms with Crippen LogP contribution in [-0.2, 0) is 6.42 Å². The maximum atomic E-state index is 13.3. The molecule has 0 aliphatic carbocycles. The third-order valence-corrected chi connectivity index (χ3v) is 2.16. The van der Waals surface area contributed by atoms with Crippen molar-refractivity contribution in [3.05, 3.63) is 28.0 Å². The van der Waals surface area contributed by atoms with Crippen LogP contribution in [-0.4, -0.2) is 7.11 Å². The number of methoxy groups -OCH3 is 1. The zero-order chi connectivity index (χ0) is 9.84. The minimum Gasteiger partial charge on any atom is -0.497 e. The van der Waals surface area contributed by atoms with E-state index in [1.54, 1.807) is 0 Å². The first kappa shape index (κ1) is 10.0. The van der Waals surface area contributed by atoms with Crippen LogP contribution in [0.5, 0.6) is 5.75 Å². The second-order valence-electron chi connectivity index (χ2n) is 2.42. The van der Waals surface area contributed by atoms with Crippen molar-refractivity contribution >= 4 is 15.9 Å². The molecule has 0 aliphatic rings. The third-order valence-electron chi connectivity index (χ3n) is 1.58. The van der Waals surface area contributed by atoms with E-state index in [1.807, 2.05) is 6.07 Å². The van der Waals surface area contributed by atoms with E-state index in [0.29, 0.717) is 15.8 Å². The molecular weight excluding hydrogens is 237 g/mol. The number of hydrogen-bond acceptors (Lipinski definition) is 2. The van der Waals surface area contributed by atoms with E-state index in [2.05, 4.69) is 15.9 Å². The highest BCUT2D eigenvalue weighted by Crippen LogP contribution is 2.25. The monoisotopic (exact) mass is 243 g/mol. The molecule has 0 N–H and O–H groups in total. The number of nitriles is 1. The van der Waals surface area contributed by atoms with Crippen LogP contribution >= 0.6 is 15.9 Å². The molecular formula is C9H7BrFNO. The Balaban J connectivity index is 3.18. The number of rotatable bonds is 2. The summed E-state index contributed by atoms with van der Waals surface area (Å²) in [4.78, 5) is 0. The van der Waals surface area contributed by atoms with E-state index in [9.17, 15) is 4.39 Å². The Morgan fingerprint density at radius 3 is 2.85 bits per heavy atom. The SMILES string of the molecule is COc1cc(Br)c(F)c(CC#N)c1. The van der Waals surface area contributed by atoms with E-state index >= 15 is 0 Å². The van der Waals surface area contributed by atoms with Crippen LogP contribution in [0.1, 0.15) is 5.56 Å². The summed E-state index contributed by atoms with van der Waals surface area (Å²) in [5.41, 5.74) is 0.341. The van der Waals surface area contributed by atoms with Gasteiger partial charge in [-0.25, -0.2) is 4.39 Å². The van der Waals surface area contributed by atoms with Gasteiger partial charge in [0, 0.05) is 5.56 Å². The number of nitrogens with zero attached hydrogens (tertiary/aromatic N) is 1. The second-order valence-corrected chi connectivity index (χ2v) is 3.27. The molecule has 0 heterocycles. The normalized spacial score (nSPS) is 9.38. The summed E-state index contributed by atoms with van der Waals surface area (Å²) in [6, 6.07) is 4.93. The topological polar surface area (TPSA) is 33.0 Å². The smallest absolute Gasteiger partial charge is 0.141 e. The van der Waals surface area contributed by atoms with Crippen LogP contribution in [0.25, 0.3) is 0 Å². The lowest BCUT2D eigenvalue weighted by molar-refractivity contribution is 0.412. The first-order valence-corrected chi connectivity index (χ1v) is 4.37. The van der Waals surface area contributed by atoms with Gasteiger partial charge in [-0.1, -0.05) is 0 Å². The van der Waals surface area contributed by atoms with E-state index in [4.69, 9.17) is 10.00 Å². The van der Waals surface area contributed by atoms with Gasteiger partial charge < -0.3 is 4.74 Å². The molecule has 13 heavy (non-hydrogen) atoms. The van der Waals surface area contributed by atoms with Gasteiger partial charge in [0.1, 0.15) is 11.6 Å². The fourth-order valence-corrected chi connectivity index (χ4v) is 1.43. The van der Waals surface area contributed by atoms with Gasteiger partial charge in [0.05, 0.1) is 24.1 Å². The van der Waals surface area contributed by atoms with Crippen molar-refractivity contribution in [2.75, 3.05) is 7.11 Å². The first-order valence-electron chi connectivity index (χ1n) is 3.58. The Morgan fingerprint density at radius 1 is 1.62 bits per heavy atom. The lowest BCUT2D eigenvalue weighted by Gasteiger charge is -2.04. The van der Waals surface area contributed by atoms with E-state index < -0.39 is 5.82 Å². The molecule has 0 atom stereocenters. The summed E-state index contributed by atoms with van der Waals surface area (Å²) in [5, 5.41) is 8.43. The molecule has 68 valence electrons. The molecule has 0 fully saturated rings. The second kappa shape index (κ2) is 4.24. The molecule has 0 spiro atoms. The van der Waals surface area contributed by atoms with Gasteiger partial charge in [-0.3, -0.25) is 0 Å². The molecule has 0 unspecified atom stereocenters. The van der Waals surface area contributed by atoms with Crippen molar-refractivity contribution in [1.29, 1.82) is 5.26 Å². The predicted octanol–water partition coefficient (Wildman–Crippen LogP) is 2.66. The van der Waals surface area contributed by atoms with Gasteiger partial charge in [0.15, 0.2) is 0 Å². The molecule has 0 amide bonds. The van der Waals surface area contributed by atoms with Crippen LogP contribution in [0.2, 0.25) is 0 Å². The molecule has 1 aromatic rings. The molecule has 2 nitrogen and oxygen atoms in total. The van der Waals surface area contributed by atoms with E-state index in [-0.39, 0.29) is 6.42 Å². The zero-order valence-electron chi connectivity index (χ0n) is 6.97. The predicted molar refractivity (Wildman–Crippen MR) is 50.0 cm³/mol. The molecule has 0 saturated carbocycles. The molecule has 0 radical (unpaired) electrons. The van der Waals surface area contributed by atoms with Crippen LogP contribution in [0.3, 0.4) is 0 Å². The summed E-state index contributed by atoms with van der Waals surface area (Å²) in [6.07, 6.45) is 0.0433. The van der Waals surface area contributed by atoms with Gasteiger partial charge >= 0.3 is 0 Å². The Morgan fingerprint density at radius 2 is 2.31 bits per heavy atom. The first-order chi connectivity index (χ1) is 6.19. The van der Waals surface area contributed by atoms with Crippen molar-refractivity contribution in [1.82, 2.24) is 0 Å². The zero-order valence-corrected chi connectivity index (χ0v) is 8.56. The average molecular weight is 244 g/mol. The van der Waals surface area contributed by atoms with Gasteiger partial charge in [-0.15, -0.1) is 0 Å². The molecule has 0 aliphatic heterocycles. The minimum atomic E-state index is -0.401. The average Bonchev–Trinajstić information content (AvgIpc) is 2.13. The van der Waals surface area contributed by atoms with Crippen molar-refractivity contribution in [2.45, 2.75) is 6.42 Å². The molecule has 4 heteroatoms. The van der Waals surface area contributed by atoms with Gasteiger partial charge in [-0.2, -0.15) is 5.26 Å². The highest BCUT2D eigenvalue weighted by atomic mass is 79.9. The standard InChI is InChI=1S/C9H7BrFNO/c1-13-7-4-6(2-3-12)9(11)8(10)5-7/h4-5H,2H2,1H3. The van der Waals surface area contributed by atoms with Crippen LogP contribution in [0.15, 0.2) is 16.6 Å². The van der Waals surface area contributed by atoms with Crippen molar-refractivity contribution in [3.8, 4) is 11.8 Å². The molecule has 0 aromatic heterocycles.